The molecule has 1 aromatic carbocycles. The van der Waals surface area contributed by atoms with E-state index in [1.54, 1.807) is 12.1 Å². The highest BCUT2D eigenvalue weighted by molar-refractivity contribution is 8.01. The predicted octanol–water partition coefficient (Wildman–Crippen LogP) is 4.12. The van der Waals surface area contributed by atoms with E-state index in [0.717, 1.165) is 41.0 Å². The van der Waals surface area contributed by atoms with Gasteiger partial charge in [0, 0.05) is 24.1 Å². The summed E-state index contributed by atoms with van der Waals surface area (Å²) < 4.78 is 19.3. The van der Waals surface area contributed by atoms with E-state index in [2.05, 4.69) is 25.8 Å². The topological polar surface area (TPSA) is 89.0 Å². The quantitative estimate of drug-likeness (QED) is 0.498. The summed E-state index contributed by atoms with van der Waals surface area (Å²) in [4.78, 5) is 16.6. The maximum atomic E-state index is 13.0. The number of ether oxygens (including phenoxy) is 1. The van der Waals surface area contributed by atoms with Crippen LogP contribution in [-0.2, 0) is 9.53 Å². The smallest absolute Gasteiger partial charge is 0.236 e. The Morgan fingerprint density at radius 3 is 2.93 bits per heavy atom. The number of carbonyl (C=O) groups excluding carboxylic acids is 1. The molecule has 3 aromatic rings. The maximum Gasteiger partial charge on any atom is 0.236 e. The first kappa shape index (κ1) is 20.2. The normalized spacial score (nSPS) is 16.1. The maximum absolute atomic E-state index is 13.0. The monoisotopic (exact) mass is 451 g/mol. The van der Waals surface area contributed by atoms with Crippen molar-refractivity contribution >= 4 is 50.6 Å². The number of amides is 1. The van der Waals surface area contributed by atoms with Crippen LogP contribution in [0.1, 0.15) is 12.8 Å². The predicted molar refractivity (Wildman–Crippen MR) is 114 cm³/mol. The molecule has 2 N–H and O–H groups in total. The van der Waals surface area contributed by atoms with E-state index in [9.17, 15) is 9.18 Å². The molecular formula is C18H18FN5O2S3. The van der Waals surface area contributed by atoms with Crippen molar-refractivity contribution in [2.45, 2.75) is 23.3 Å². The van der Waals surface area contributed by atoms with Crippen LogP contribution in [0.2, 0.25) is 0 Å². The second kappa shape index (κ2) is 9.61. The molecule has 0 aliphatic carbocycles. The number of halogens is 1. The highest BCUT2D eigenvalue weighted by Gasteiger charge is 2.16. The van der Waals surface area contributed by atoms with E-state index >= 15 is 0 Å². The van der Waals surface area contributed by atoms with Gasteiger partial charge in [0.25, 0.3) is 0 Å². The molecule has 1 fully saturated rings. The van der Waals surface area contributed by atoms with Gasteiger partial charge in [-0.05, 0) is 37.1 Å². The Balaban J connectivity index is 1.23. The second-order valence-electron chi connectivity index (χ2n) is 6.27. The molecule has 1 atom stereocenters. The first-order valence-electron chi connectivity index (χ1n) is 8.99. The van der Waals surface area contributed by atoms with Crippen molar-refractivity contribution in [1.29, 1.82) is 0 Å². The van der Waals surface area contributed by atoms with E-state index in [1.807, 2.05) is 5.38 Å². The molecule has 29 heavy (non-hydrogen) atoms. The summed E-state index contributed by atoms with van der Waals surface area (Å²) in [6, 6.07) is 6.09. The Hall–Kier alpha value is -2.08. The Kier molecular flexibility index (Phi) is 6.70. The highest BCUT2D eigenvalue weighted by atomic mass is 32.2. The van der Waals surface area contributed by atoms with Crippen LogP contribution in [0, 0.1) is 5.82 Å². The summed E-state index contributed by atoms with van der Waals surface area (Å²) >= 11 is 4.07. The van der Waals surface area contributed by atoms with Gasteiger partial charge in [0.05, 0.1) is 17.6 Å². The van der Waals surface area contributed by atoms with Crippen molar-refractivity contribution in [1.82, 2.24) is 15.2 Å². The lowest BCUT2D eigenvalue weighted by molar-refractivity contribution is -0.113. The number of rotatable bonds is 8. The number of thiazole rings is 1. The van der Waals surface area contributed by atoms with Crippen LogP contribution in [-0.4, -0.2) is 46.1 Å². The number of nitrogens with zero attached hydrogens (tertiary/aromatic N) is 3. The van der Waals surface area contributed by atoms with Crippen LogP contribution in [0.3, 0.4) is 0 Å². The minimum absolute atomic E-state index is 0.168. The summed E-state index contributed by atoms with van der Waals surface area (Å²) in [5.41, 5.74) is 1.50. The molecule has 2 aromatic heterocycles. The van der Waals surface area contributed by atoms with Crippen LogP contribution in [0.5, 0.6) is 0 Å². The summed E-state index contributed by atoms with van der Waals surface area (Å²) in [6.45, 7) is 1.55. The van der Waals surface area contributed by atoms with Gasteiger partial charge in [-0.3, -0.25) is 4.79 Å². The fraction of sp³-hybridized carbons (Fsp3) is 0.333. The van der Waals surface area contributed by atoms with Crippen LogP contribution in [0.4, 0.5) is 14.7 Å². The molecule has 11 heteroatoms. The fourth-order valence-electron chi connectivity index (χ4n) is 2.71. The number of carbonyl (C=O) groups is 1. The van der Waals surface area contributed by atoms with E-state index in [1.165, 1.54) is 46.6 Å². The molecule has 0 saturated carbocycles. The summed E-state index contributed by atoms with van der Waals surface area (Å²) in [5, 5.41) is 17.3. The molecule has 1 amide bonds. The van der Waals surface area contributed by atoms with Crippen molar-refractivity contribution in [2.75, 3.05) is 29.5 Å². The zero-order valence-corrected chi connectivity index (χ0v) is 17.7. The second-order valence-corrected chi connectivity index (χ2v) is 9.33. The average molecular weight is 452 g/mol. The van der Waals surface area contributed by atoms with Gasteiger partial charge in [0.1, 0.15) is 5.82 Å². The first-order chi connectivity index (χ1) is 14.2. The Morgan fingerprint density at radius 2 is 2.14 bits per heavy atom. The van der Waals surface area contributed by atoms with Gasteiger partial charge in [-0.25, -0.2) is 9.37 Å². The SMILES string of the molecule is O=C(CSc1nnc(NCC2CCCO2)s1)Nc1nc(-c2ccc(F)cc2)cs1. The lowest BCUT2D eigenvalue weighted by atomic mass is 10.2. The molecule has 0 bridgehead atoms. The molecule has 1 aliphatic rings. The average Bonchev–Trinajstić information content (AvgIpc) is 3.47. The van der Waals surface area contributed by atoms with Crippen LogP contribution in [0.15, 0.2) is 34.0 Å². The number of hydrogen-bond donors (Lipinski definition) is 2. The molecule has 1 aliphatic heterocycles. The third-order valence-corrected chi connectivity index (χ3v) is 6.90. The number of thioether (sulfide) groups is 1. The number of hydrogen-bond acceptors (Lipinski definition) is 9. The molecule has 0 radical (unpaired) electrons. The first-order valence-corrected chi connectivity index (χ1v) is 11.7. The van der Waals surface area contributed by atoms with E-state index in [-0.39, 0.29) is 23.6 Å². The third kappa shape index (κ3) is 5.72. The highest BCUT2D eigenvalue weighted by Crippen LogP contribution is 2.27. The van der Waals surface area contributed by atoms with Crippen molar-refractivity contribution in [3.63, 3.8) is 0 Å². The minimum atomic E-state index is -0.295. The Labute approximate surface area is 179 Å². The zero-order chi connectivity index (χ0) is 20.1. The third-order valence-electron chi connectivity index (χ3n) is 4.13. The molecule has 0 spiro atoms. The van der Waals surface area contributed by atoms with E-state index < -0.39 is 0 Å². The van der Waals surface area contributed by atoms with Gasteiger partial charge in [0.15, 0.2) is 9.47 Å². The zero-order valence-electron chi connectivity index (χ0n) is 15.3. The van der Waals surface area contributed by atoms with Crippen molar-refractivity contribution in [3.8, 4) is 11.3 Å². The van der Waals surface area contributed by atoms with Crippen LogP contribution in [0.25, 0.3) is 11.3 Å². The molecule has 1 unspecified atom stereocenters. The van der Waals surface area contributed by atoms with Gasteiger partial charge in [-0.1, -0.05) is 23.1 Å². The molecule has 152 valence electrons. The number of anilines is 2. The molecule has 3 heterocycles. The molecule has 4 rings (SSSR count). The molecule has 1 saturated heterocycles. The fourth-order valence-corrected chi connectivity index (χ4v) is 5.01. The van der Waals surface area contributed by atoms with Crippen molar-refractivity contribution < 1.29 is 13.9 Å². The van der Waals surface area contributed by atoms with Gasteiger partial charge in [-0.2, -0.15) is 0 Å². The standard InChI is InChI=1S/C18H18FN5O2S3/c19-12-5-3-11(4-6-12)14-9-27-17(21-14)22-15(25)10-28-18-24-23-16(29-18)20-8-13-2-1-7-26-13/h3-6,9,13H,1-2,7-8,10H2,(H,20,23)(H,21,22,25). The lowest BCUT2D eigenvalue weighted by Crippen LogP contribution is -2.18. The van der Waals surface area contributed by atoms with Crippen molar-refractivity contribution in [3.05, 3.63) is 35.5 Å². The van der Waals surface area contributed by atoms with Crippen molar-refractivity contribution in [2.24, 2.45) is 0 Å². The largest absolute Gasteiger partial charge is 0.376 e. The van der Waals surface area contributed by atoms with Gasteiger partial charge >= 0.3 is 0 Å². The van der Waals surface area contributed by atoms with Crippen LogP contribution >= 0.6 is 34.4 Å². The number of benzene rings is 1. The van der Waals surface area contributed by atoms with Gasteiger partial charge in [0.2, 0.25) is 11.0 Å². The summed E-state index contributed by atoms with van der Waals surface area (Å²) in [6.07, 6.45) is 2.40. The lowest BCUT2D eigenvalue weighted by Gasteiger charge is -2.08. The Morgan fingerprint density at radius 1 is 1.28 bits per heavy atom. The van der Waals surface area contributed by atoms with Gasteiger partial charge < -0.3 is 15.4 Å². The van der Waals surface area contributed by atoms with E-state index in [4.69, 9.17) is 4.74 Å². The van der Waals surface area contributed by atoms with Gasteiger partial charge in [-0.15, -0.1) is 21.5 Å². The molecular weight excluding hydrogens is 433 g/mol. The van der Waals surface area contributed by atoms with Crippen LogP contribution < -0.4 is 10.6 Å². The van der Waals surface area contributed by atoms with E-state index in [0.29, 0.717) is 10.8 Å². The molecule has 7 nitrogen and oxygen atoms in total. The summed E-state index contributed by atoms with van der Waals surface area (Å²) in [5.74, 6) is -0.248. The number of aromatic nitrogens is 3. The minimum Gasteiger partial charge on any atom is -0.376 e. The number of nitrogens with one attached hydrogen (secondary N) is 2. The summed E-state index contributed by atoms with van der Waals surface area (Å²) in [7, 11) is 0. The Bertz CT molecular complexity index is 957.